The van der Waals surface area contributed by atoms with E-state index in [0.717, 1.165) is 143 Å². The maximum Gasteiger partial charge on any atom is 0.238 e. The second-order valence-corrected chi connectivity index (χ2v) is 20.9. The van der Waals surface area contributed by atoms with E-state index in [0.29, 0.717) is 17.6 Å². The van der Waals surface area contributed by atoms with Crippen LogP contribution in [0.2, 0.25) is 0 Å². The fourth-order valence-corrected chi connectivity index (χ4v) is 13.2. The predicted octanol–water partition coefficient (Wildman–Crippen LogP) is 16.3. The molecule has 0 aliphatic carbocycles. The van der Waals surface area contributed by atoms with Gasteiger partial charge < -0.3 is 18.3 Å². The van der Waals surface area contributed by atoms with Crippen molar-refractivity contribution >= 4 is 110 Å². The van der Waals surface area contributed by atoms with Gasteiger partial charge in [-0.25, -0.2) is 4.98 Å². The lowest BCUT2D eigenvalue weighted by molar-refractivity contribution is 0.946. The largest absolute Gasteiger partial charge is 0.305 e. The maximum atomic E-state index is 5.97. The molecule has 8 aromatic carbocycles. The number of rotatable bonds is 7. The molecule has 18 aromatic rings. The fraction of sp³-hybridized carbons (Fsp3) is 0. The first-order valence-corrected chi connectivity index (χ1v) is 27.6. The Morgan fingerprint density at radius 1 is 0.241 bits per heavy atom. The molecular weight excluding hydrogens is 1020 g/mol. The molecule has 12 nitrogen and oxygen atoms in total. The third-order valence-corrected chi connectivity index (χ3v) is 16.5. The lowest BCUT2D eigenvalue weighted by Gasteiger charge is -2.27. The Labute approximate surface area is 471 Å². The zero-order valence-corrected chi connectivity index (χ0v) is 44.1. The van der Waals surface area contributed by atoms with E-state index >= 15 is 0 Å². The number of hydrogen-bond donors (Lipinski definition) is 0. The molecule has 0 N–H and O–H groups in total. The first-order chi connectivity index (χ1) is 41.2. The lowest BCUT2D eigenvalue weighted by Crippen LogP contribution is -2.15. The Bertz CT molecular complexity index is 5210. The minimum absolute atomic E-state index is 0.436. The van der Waals surface area contributed by atoms with Crippen LogP contribution in [0.4, 0.5) is 0 Å². The van der Waals surface area contributed by atoms with Crippen LogP contribution in [0.25, 0.3) is 161 Å². The van der Waals surface area contributed by atoms with Gasteiger partial charge in [-0.05, 0) is 91.0 Å². The average molecular weight is 1060 g/mol. The minimum atomic E-state index is 0.436. The number of benzene rings is 8. The van der Waals surface area contributed by atoms with E-state index in [2.05, 4.69) is 211 Å². The quantitative estimate of drug-likeness (QED) is 0.156. The molecule has 0 unspecified atom stereocenters. The summed E-state index contributed by atoms with van der Waals surface area (Å²) >= 11 is 0. The van der Waals surface area contributed by atoms with E-state index < -0.39 is 0 Å². The Morgan fingerprint density at radius 3 is 0.964 bits per heavy atom. The summed E-state index contributed by atoms with van der Waals surface area (Å²) in [5.74, 6) is 1.41. The molecule has 0 atom stereocenters. The van der Waals surface area contributed by atoms with Crippen molar-refractivity contribution in [2.24, 2.45) is 0 Å². The molecule has 12 heteroatoms. The highest BCUT2D eigenvalue weighted by molar-refractivity contribution is 6.15. The molecule has 0 spiro atoms. The molecule has 10 aromatic heterocycles. The molecule has 0 amide bonds. The van der Waals surface area contributed by atoms with Crippen molar-refractivity contribution in [2.45, 2.75) is 0 Å². The summed E-state index contributed by atoms with van der Waals surface area (Å²) in [5.41, 5.74) is 17.8. The van der Waals surface area contributed by atoms with Gasteiger partial charge in [0.2, 0.25) is 5.95 Å². The van der Waals surface area contributed by atoms with Crippen molar-refractivity contribution in [1.29, 1.82) is 0 Å². The predicted molar refractivity (Wildman–Crippen MR) is 334 cm³/mol. The van der Waals surface area contributed by atoms with Crippen LogP contribution >= 0.6 is 0 Å². The molecule has 0 saturated heterocycles. The van der Waals surface area contributed by atoms with E-state index in [-0.39, 0.29) is 0 Å². The van der Waals surface area contributed by atoms with Crippen molar-refractivity contribution in [2.75, 3.05) is 0 Å². The first-order valence-electron chi connectivity index (χ1n) is 27.6. The number of hydrogen-bond acceptors (Lipinski definition) is 7. The van der Waals surface area contributed by atoms with Crippen LogP contribution in [0.3, 0.4) is 0 Å². The van der Waals surface area contributed by atoms with Crippen molar-refractivity contribution < 1.29 is 0 Å². The summed E-state index contributed by atoms with van der Waals surface area (Å²) in [6.45, 7) is 0. The third-order valence-electron chi connectivity index (χ3n) is 16.5. The number of fused-ring (bicyclic) bond motifs is 15. The van der Waals surface area contributed by atoms with Crippen LogP contribution in [0.1, 0.15) is 0 Å². The first kappa shape index (κ1) is 45.3. The molecule has 0 aliphatic heterocycles. The Kier molecular flexibility index (Phi) is 9.51. The minimum Gasteiger partial charge on any atom is -0.305 e. The number of aromatic nitrogens is 12. The number of pyridine rings is 4. The molecule has 0 aliphatic rings. The van der Waals surface area contributed by atoms with Crippen LogP contribution in [-0.2, 0) is 0 Å². The van der Waals surface area contributed by atoms with E-state index in [1.165, 1.54) is 0 Å². The Hall–Kier alpha value is -11.6. The summed E-state index contributed by atoms with van der Waals surface area (Å²) in [6, 6.07) is 80.7. The standard InChI is InChI=1S/C71H42N12/c1-2-20-43(21-3-1)69-76-70(78-71(77-69)83-50-28-10-4-22-44(50)45-23-5-11-29-51(45)83)62-67(81-54-32-14-8-26-48(54)65-58(81)36-18-40-74-65)60(79-52-30-12-6-24-46(52)63-56(79)34-16-38-72-63)42-61(80-53-31-13-7-25-47(53)64-57(80)35-17-39-73-64)68(62)82-55-33-15-9-27-49(55)66-59(82)37-19-41-75-66/h1-42H. The molecule has 0 bridgehead atoms. The third kappa shape index (κ3) is 6.42. The van der Waals surface area contributed by atoms with E-state index in [9.17, 15) is 0 Å². The van der Waals surface area contributed by atoms with Crippen LogP contribution < -0.4 is 0 Å². The zero-order chi connectivity index (χ0) is 54.3. The van der Waals surface area contributed by atoms with Gasteiger partial charge >= 0.3 is 0 Å². The molecular formula is C71H42N12. The van der Waals surface area contributed by atoms with E-state index in [1.54, 1.807) is 0 Å². The van der Waals surface area contributed by atoms with Crippen molar-refractivity contribution in [3.63, 3.8) is 0 Å². The van der Waals surface area contributed by atoms with Gasteiger partial charge in [0.05, 0.1) is 106 Å². The van der Waals surface area contributed by atoms with Gasteiger partial charge in [-0.1, -0.05) is 140 Å². The smallest absolute Gasteiger partial charge is 0.238 e. The van der Waals surface area contributed by atoms with Crippen LogP contribution in [0.15, 0.2) is 255 Å². The molecule has 386 valence electrons. The Morgan fingerprint density at radius 2 is 0.554 bits per heavy atom. The van der Waals surface area contributed by atoms with Crippen LogP contribution in [0.5, 0.6) is 0 Å². The van der Waals surface area contributed by atoms with Gasteiger partial charge in [-0.2, -0.15) is 9.97 Å². The molecule has 0 saturated carbocycles. The van der Waals surface area contributed by atoms with Crippen molar-refractivity contribution in [1.82, 2.24) is 57.7 Å². The monoisotopic (exact) mass is 1060 g/mol. The van der Waals surface area contributed by atoms with Crippen LogP contribution in [0, 0.1) is 0 Å². The SMILES string of the molecule is c1ccc(-c2nc(-c3c(-n4c5ccccc5c5ncccc54)c(-n4c5ccccc5c5ncccc54)cc(-n4c5ccccc5c5ncccc54)c3-n3c4ccccc4c4ncccc43)nc(-n3c4ccccc4c4ccccc43)n2)cc1. The summed E-state index contributed by atoms with van der Waals surface area (Å²) in [6.07, 6.45) is 7.52. The van der Waals surface area contributed by atoms with Crippen molar-refractivity contribution in [3.05, 3.63) is 255 Å². The van der Waals surface area contributed by atoms with Gasteiger partial charge in [0.15, 0.2) is 11.6 Å². The highest BCUT2D eigenvalue weighted by Gasteiger charge is 2.34. The topological polar surface area (TPSA) is 115 Å². The van der Waals surface area contributed by atoms with Gasteiger partial charge in [0, 0.05) is 62.7 Å². The highest BCUT2D eigenvalue weighted by Crippen LogP contribution is 2.49. The van der Waals surface area contributed by atoms with E-state index in [1.807, 2.05) is 67.3 Å². The summed E-state index contributed by atoms with van der Waals surface area (Å²) in [4.78, 5) is 38.0. The number of nitrogens with zero attached hydrogens (tertiary/aromatic N) is 12. The molecule has 83 heavy (non-hydrogen) atoms. The molecule has 0 radical (unpaired) electrons. The normalized spacial score (nSPS) is 12.1. The lowest BCUT2D eigenvalue weighted by atomic mass is 10.0. The molecule has 18 rings (SSSR count). The van der Waals surface area contributed by atoms with Crippen LogP contribution in [-0.4, -0.2) is 57.7 Å². The zero-order valence-electron chi connectivity index (χ0n) is 44.1. The van der Waals surface area contributed by atoms with Gasteiger partial charge in [-0.3, -0.25) is 24.5 Å². The highest BCUT2D eigenvalue weighted by atomic mass is 15.2. The van der Waals surface area contributed by atoms with Gasteiger partial charge in [0.1, 0.15) is 0 Å². The molecule has 0 fully saturated rings. The average Bonchev–Trinajstić information content (AvgIpc) is 2.88. The maximum absolute atomic E-state index is 5.97. The summed E-state index contributed by atoms with van der Waals surface area (Å²) in [7, 11) is 0. The second kappa shape index (κ2) is 17.4. The van der Waals surface area contributed by atoms with Crippen molar-refractivity contribution in [3.8, 4) is 51.5 Å². The fourth-order valence-electron chi connectivity index (χ4n) is 13.2. The number of para-hydroxylation sites is 6. The Balaban J connectivity index is 1.16. The second-order valence-electron chi connectivity index (χ2n) is 20.9. The van der Waals surface area contributed by atoms with E-state index in [4.69, 9.17) is 34.9 Å². The molecule has 10 heterocycles. The summed E-state index contributed by atoms with van der Waals surface area (Å²) in [5, 5.41) is 6.20. The van der Waals surface area contributed by atoms with Gasteiger partial charge in [0.25, 0.3) is 0 Å². The summed E-state index contributed by atoms with van der Waals surface area (Å²) < 4.78 is 11.7. The van der Waals surface area contributed by atoms with Gasteiger partial charge in [-0.15, -0.1) is 0 Å².